The third kappa shape index (κ3) is 3.18. The Labute approximate surface area is 123 Å². The SMILES string of the molecule is CNc1ncccc1C(=O)NC(c1ncnn1C)C(C)C. The van der Waals surface area contributed by atoms with E-state index in [-0.39, 0.29) is 17.9 Å². The van der Waals surface area contributed by atoms with Gasteiger partial charge in [0, 0.05) is 20.3 Å². The van der Waals surface area contributed by atoms with Crippen molar-refractivity contribution in [2.45, 2.75) is 19.9 Å². The van der Waals surface area contributed by atoms with Gasteiger partial charge in [-0.25, -0.2) is 9.97 Å². The van der Waals surface area contributed by atoms with E-state index in [0.29, 0.717) is 11.4 Å². The van der Waals surface area contributed by atoms with Gasteiger partial charge >= 0.3 is 0 Å². The number of anilines is 1. The molecule has 0 saturated carbocycles. The first kappa shape index (κ1) is 15.0. The van der Waals surface area contributed by atoms with Crippen LogP contribution in [0.1, 0.15) is 36.1 Å². The summed E-state index contributed by atoms with van der Waals surface area (Å²) in [5, 5.41) is 9.99. The average molecular weight is 288 g/mol. The van der Waals surface area contributed by atoms with Crippen LogP contribution in [0.25, 0.3) is 0 Å². The van der Waals surface area contributed by atoms with Crippen molar-refractivity contribution in [2.24, 2.45) is 13.0 Å². The number of pyridine rings is 1. The molecule has 0 fully saturated rings. The van der Waals surface area contributed by atoms with Crippen LogP contribution in [0, 0.1) is 5.92 Å². The number of carbonyl (C=O) groups excluding carboxylic acids is 1. The van der Waals surface area contributed by atoms with Gasteiger partial charge in [0.1, 0.15) is 18.0 Å². The topological polar surface area (TPSA) is 84.7 Å². The van der Waals surface area contributed by atoms with Crippen molar-refractivity contribution in [3.63, 3.8) is 0 Å². The van der Waals surface area contributed by atoms with Crippen molar-refractivity contribution < 1.29 is 4.79 Å². The minimum Gasteiger partial charge on any atom is -0.372 e. The second-order valence-electron chi connectivity index (χ2n) is 5.09. The van der Waals surface area contributed by atoms with E-state index in [0.717, 1.165) is 5.82 Å². The highest BCUT2D eigenvalue weighted by atomic mass is 16.1. The van der Waals surface area contributed by atoms with E-state index in [1.165, 1.54) is 6.33 Å². The van der Waals surface area contributed by atoms with Gasteiger partial charge in [0.25, 0.3) is 5.91 Å². The summed E-state index contributed by atoms with van der Waals surface area (Å²) in [7, 11) is 3.55. The zero-order chi connectivity index (χ0) is 15.4. The van der Waals surface area contributed by atoms with Crippen LogP contribution in [0.5, 0.6) is 0 Å². The van der Waals surface area contributed by atoms with Crippen LogP contribution in [0.4, 0.5) is 5.82 Å². The molecule has 2 rings (SSSR count). The van der Waals surface area contributed by atoms with E-state index in [4.69, 9.17) is 0 Å². The predicted molar refractivity (Wildman–Crippen MR) is 79.8 cm³/mol. The van der Waals surface area contributed by atoms with Crippen LogP contribution in [0.15, 0.2) is 24.7 Å². The molecule has 7 nitrogen and oxygen atoms in total. The minimum absolute atomic E-state index is 0.186. The number of hydrogen-bond donors (Lipinski definition) is 2. The van der Waals surface area contributed by atoms with Crippen LogP contribution in [-0.4, -0.2) is 32.7 Å². The van der Waals surface area contributed by atoms with Gasteiger partial charge in [0.15, 0.2) is 0 Å². The molecule has 0 spiro atoms. The van der Waals surface area contributed by atoms with Gasteiger partial charge < -0.3 is 10.6 Å². The number of amides is 1. The molecule has 1 unspecified atom stereocenters. The van der Waals surface area contributed by atoms with Crippen molar-refractivity contribution in [1.29, 1.82) is 0 Å². The van der Waals surface area contributed by atoms with Gasteiger partial charge in [0.05, 0.1) is 11.6 Å². The van der Waals surface area contributed by atoms with Crippen LogP contribution in [-0.2, 0) is 7.05 Å². The number of hydrogen-bond acceptors (Lipinski definition) is 5. The molecule has 2 aromatic heterocycles. The molecule has 21 heavy (non-hydrogen) atoms. The smallest absolute Gasteiger partial charge is 0.255 e. The molecule has 1 atom stereocenters. The maximum absolute atomic E-state index is 12.5. The molecule has 1 amide bonds. The molecule has 0 bridgehead atoms. The molecule has 7 heteroatoms. The molecule has 112 valence electrons. The van der Waals surface area contributed by atoms with Crippen LogP contribution >= 0.6 is 0 Å². The summed E-state index contributed by atoms with van der Waals surface area (Å²) >= 11 is 0. The summed E-state index contributed by atoms with van der Waals surface area (Å²) in [6.45, 7) is 4.06. The quantitative estimate of drug-likeness (QED) is 0.868. The largest absolute Gasteiger partial charge is 0.372 e. The van der Waals surface area contributed by atoms with E-state index >= 15 is 0 Å². The lowest BCUT2D eigenvalue weighted by molar-refractivity contribution is 0.0922. The van der Waals surface area contributed by atoms with Crippen molar-refractivity contribution in [2.75, 3.05) is 12.4 Å². The van der Waals surface area contributed by atoms with Gasteiger partial charge in [0.2, 0.25) is 0 Å². The minimum atomic E-state index is -0.213. The molecule has 0 aliphatic rings. The van der Waals surface area contributed by atoms with Crippen molar-refractivity contribution in [1.82, 2.24) is 25.1 Å². The predicted octanol–water partition coefficient (Wildman–Crippen LogP) is 1.38. The normalized spacial score (nSPS) is 12.2. The number of nitrogens with zero attached hydrogens (tertiary/aromatic N) is 4. The maximum atomic E-state index is 12.5. The van der Waals surface area contributed by atoms with Gasteiger partial charge in [-0.15, -0.1) is 0 Å². The first-order valence-corrected chi connectivity index (χ1v) is 6.82. The Morgan fingerprint density at radius 1 is 1.33 bits per heavy atom. The summed E-state index contributed by atoms with van der Waals surface area (Å²) in [5.41, 5.74) is 0.507. The van der Waals surface area contributed by atoms with Gasteiger partial charge in [-0.05, 0) is 18.1 Å². The molecular formula is C14H20N6O. The summed E-state index contributed by atoms with van der Waals surface area (Å²) in [5.74, 6) is 1.28. The third-order valence-corrected chi connectivity index (χ3v) is 3.27. The van der Waals surface area contributed by atoms with Crippen molar-refractivity contribution >= 4 is 11.7 Å². The Hall–Kier alpha value is -2.44. The molecule has 0 aliphatic heterocycles. The highest BCUT2D eigenvalue weighted by molar-refractivity contribution is 5.98. The maximum Gasteiger partial charge on any atom is 0.255 e. The Kier molecular flexibility index (Phi) is 4.52. The van der Waals surface area contributed by atoms with E-state index in [9.17, 15) is 4.79 Å². The number of carbonyl (C=O) groups is 1. The molecule has 0 aromatic carbocycles. The molecule has 2 N–H and O–H groups in total. The van der Waals surface area contributed by atoms with E-state index in [1.54, 1.807) is 30.1 Å². The Balaban J connectivity index is 2.25. The fourth-order valence-electron chi connectivity index (χ4n) is 2.12. The average Bonchev–Trinajstić information content (AvgIpc) is 2.90. The van der Waals surface area contributed by atoms with Gasteiger partial charge in [-0.3, -0.25) is 9.48 Å². The molecule has 0 radical (unpaired) electrons. The molecule has 0 aliphatic carbocycles. The lowest BCUT2D eigenvalue weighted by Crippen LogP contribution is -2.34. The van der Waals surface area contributed by atoms with Crippen LogP contribution < -0.4 is 10.6 Å². The van der Waals surface area contributed by atoms with E-state index in [2.05, 4.69) is 25.7 Å². The monoisotopic (exact) mass is 288 g/mol. The van der Waals surface area contributed by atoms with Crippen LogP contribution in [0.3, 0.4) is 0 Å². The second-order valence-corrected chi connectivity index (χ2v) is 5.09. The Morgan fingerprint density at radius 2 is 2.10 bits per heavy atom. The molecule has 2 heterocycles. The zero-order valence-electron chi connectivity index (χ0n) is 12.7. The zero-order valence-corrected chi connectivity index (χ0v) is 12.7. The van der Waals surface area contributed by atoms with Crippen molar-refractivity contribution in [3.8, 4) is 0 Å². The Morgan fingerprint density at radius 3 is 2.67 bits per heavy atom. The van der Waals surface area contributed by atoms with Crippen molar-refractivity contribution in [3.05, 3.63) is 36.0 Å². The van der Waals surface area contributed by atoms with E-state index in [1.807, 2.05) is 20.9 Å². The summed E-state index contributed by atoms with van der Waals surface area (Å²) in [6.07, 6.45) is 3.13. The summed E-state index contributed by atoms with van der Waals surface area (Å²) < 4.78 is 1.67. The highest BCUT2D eigenvalue weighted by Crippen LogP contribution is 2.20. The second kappa shape index (κ2) is 6.34. The standard InChI is InChI=1S/C14H20N6O/c1-9(2)11(13-17-8-18-20(13)4)19-14(21)10-6-5-7-16-12(10)15-3/h5-9,11H,1-4H3,(H,15,16)(H,19,21). The van der Waals surface area contributed by atoms with Gasteiger partial charge in [-0.1, -0.05) is 13.8 Å². The Bertz CT molecular complexity index is 621. The lowest BCUT2D eigenvalue weighted by Gasteiger charge is -2.21. The number of aryl methyl sites for hydroxylation is 1. The first-order valence-electron chi connectivity index (χ1n) is 6.82. The number of rotatable bonds is 5. The lowest BCUT2D eigenvalue weighted by atomic mass is 10.0. The highest BCUT2D eigenvalue weighted by Gasteiger charge is 2.24. The molecule has 0 saturated heterocycles. The molecular weight excluding hydrogens is 268 g/mol. The van der Waals surface area contributed by atoms with E-state index < -0.39 is 0 Å². The fraction of sp³-hybridized carbons (Fsp3) is 0.429. The molecule has 2 aromatic rings. The van der Waals surface area contributed by atoms with Crippen LogP contribution in [0.2, 0.25) is 0 Å². The summed E-state index contributed by atoms with van der Waals surface area (Å²) in [6, 6.07) is 3.26. The summed E-state index contributed by atoms with van der Waals surface area (Å²) in [4.78, 5) is 20.9. The fourth-order valence-corrected chi connectivity index (χ4v) is 2.12. The number of aromatic nitrogens is 4. The number of nitrogens with one attached hydrogen (secondary N) is 2. The third-order valence-electron chi connectivity index (χ3n) is 3.27. The van der Waals surface area contributed by atoms with Gasteiger partial charge in [-0.2, -0.15) is 5.10 Å². The first-order chi connectivity index (χ1) is 10.0.